The van der Waals surface area contributed by atoms with Crippen molar-refractivity contribution < 1.29 is 21.6 Å². The van der Waals surface area contributed by atoms with Crippen LogP contribution in [0.5, 0.6) is 0 Å². The van der Waals surface area contributed by atoms with Crippen LogP contribution in [-0.2, 0) is 16.2 Å². The van der Waals surface area contributed by atoms with E-state index in [-0.39, 0.29) is 21.8 Å². The summed E-state index contributed by atoms with van der Waals surface area (Å²) in [5, 5.41) is 0.301. The topological polar surface area (TPSA) is 59.1 Å². The molecule has 4 nitrogen and oxygen atoms in total. The molecule has 0 spiro atoms. The molecule has 1 aromatic heterocycles. The summed E-state index contributed by atoms with van der Waals surface area (Å²) in [5.41, 5.74) is 0.113. The summed E-state index contributed by atoms with van der Waals surface area (Å²) in [5.74, 6) is -0.0232. The average Bonchev–Trinajstić information content (AvgIpc) is 2.63. The number of hydrogen-bond donors (Lipinski definition) is 1. The van der Waals surface area contributed by atoms with Gasteiger partial charge in [0.15, 0.2) is 0 Å². The van der Waals surface area contributed by atoms with E-state index in [0.717, 1.165) is 11.6 Å². The molecule has 0 aliphatic carbocycles. The molecule has 3 rings (SSSR count). The fourth-order valence-corrected chi connectivity index (χ4v) is 3.81. The van der Waals surface area contributed by atoms with Crippen molar-refractivity contribution in [3.05, 3.63) is 76.9 Å². The monoisotopic (exact) mass is 426 g/mol. The van der Waals surface area contributed by atoms with Crippen LogP contribution in [-0.4, -0.2) is 13.4 Å². The number of aryl methyl sites for hydroxylation is 1. The molecule has 0 radical (unpaired) electrons. The second-order valence-electron chi connectivity index (χ2n) is 5.99. The minimum Gasteiger partial charge on any atom is -0.263 e. The number of aromatic nitrogens is 1. The normalized spacial score (nSPS) is 12.0. The summed E-state index contributed by atoms with van der Waals surface area (Å²) >= 11 is 5.96. The van der Waals surface area contributed by atoms with Crippen LogP contribution in [0.4, 0.5) is 19.0 Å². The summed E-state index contributed by atoms with van der Waals surface area (Å²) in [4.78, 5) is 3.89. The predicted molar refractivity (Wildman–Crippen MR) is 102 cm³/mol. The van der Waals surface area contributed by atoms with Gasteiger partial charge in [0.1, 0.15) is 5.82 Å². The highest BCUT2D eigenvalue weighted by Gasteiger charge is 2.33. The summed E-state index contributed by atoms with van der Waals surface area (Å²) in [6, 6.07) is 12.1. The number of pyridine rings is 1. The molecular formula is C19H14ClF3N2O2S. The minimum atomic E-state index is -4.51. The Labute approximate surface area is 165 Å². The Kier molecular flexibility index (Phi) is 5.36. The van der Waals surface area contributed by atoms with Crippen LogP contribution in [0.2, 0.25) is 5.02 Å². The van der Waals surface area contributed by atoms with Crippen molar-refractivity contribution >= 4 is 27.4 Å². The Bertz CT molecular complexity index is 1110. The number of anilines is 1. The number of halogens is 4. The first-order chi connectivity index (χ1) is 13.1. The lowest BCUT2D eigenvalue weighted by Gasteiger charge is -2.13. The first-order valence-electron chi connectivity index (χ1n) is 7.99. The molecule has 3 aromatic rings. The van der Waals surface area contributed by atoms with Crippen molar-refractivity contribution in [3.63, 3.8) is 0 Å². The molecule has 0 saturated carbocycles. The smallest absolute Gasteiger partial charge is 0.263 e. The zero-order valence-corrected chi connectivity index (χ0v) is 16.0. The van der Waals surface area contributed by atoms with Gasteiger partial charge in [-0.25, -0.2) is 13.4 Å². The molecule has 2 aromatic carbocycles. The summed E-state index contributed by atoms with van der Waals surface area (Å²) < 4.78 is 66.7. The highest BCUT2D eigenvalue weighted by Crippen LogP contribution is 2.36. The molecule has 1 N–H and O–H groups in total. The third-order valence-corrected chi connectivity index (χ3v) is 5.76. The van der Waals surface area contributed by atoms with E-state index in [2.05, 4.69) is 9.71 Å². The third kappa shape index (κ3) is 4.28. The van der Waals surface area contributed by atoms with Gasteiger partial charge in [0, 0.05) is 16.8 Å². The van der Waals surface area contributed by atoms with Crippen LogP contribution < -0.4 is 4.72 Å². The van der Waals surface area contributed by atoms with E-state index in [0.29, 0.717) is 5.02 Å². The Morgan fingerprint density at radius 1 is 1.04 bits per heavy atom. The minimum absolute atomic E-state index is 0.0232. The van der Waals surface area contributed by atoms with Crippen LogP contribution in [0.15, 0.2) is 65.7 Å². The van der Waals surface area contributed by atoms with Crippen LogP contribution in [0.1, 0.15) is 11.1 Å². The van der Waals surface area contributed by atoms with Crippen LogP contribution >= 0.6 is 11.6 Å². The molecule has 9 heteroatoms. The second kappa shape index (κ2) is 7.44. The number of nitrogens with zero attached hydrogens (tertiary/aromatic N) is 1. The Hall–Kier alpha value is -2.58. The number of nitrogens with one attached hydrogen (secondary N) is 1. The number of rotatable bonds is 4. The van der Waals surface area contributed by atoms with Crippen molar-refractivity contribution in [1.29, 1.82) is 0 Å². The van der Waals surface area contributed by atoms with Gasteiger partial charge in [-0.05, 0) is 48.4 Å². The third-order valence-electron chi connectivity index (χ3n) is 4.00. The second-order valence-corrected chi connectivity index (χ2v) is 8.08. The molecule has 0 saturated heterocycles. The van der Waals surface area contributed by atoms with Crippen molar-refractivity contribution in [2.45, 2.75) is 18.0 Å². The maximum Gasteiger partial charge on any atom is 0.417 e. The molecule has 1 heterocycles. The first-order valence-corrected chi connectivity index (χ1v) is 9.86. The SMILES string of the molecule is Cc1ccc(S(=O)(=O)Nc2ccc(-c3ccccc3C(F)(F)F)cn2)cc1Cl. The van der Waals surface area contributed by atoms with Gasteiger partial charge in [-0.2, -0.15) is 13.2 Å². The van der Waals surface area contributed by atoms with Gasteiger partial charge >= 0.3 is 6.18 Å². The standard InChI is InChI=1S/C19H14ClF3N2O2S/c1-12-6-8-14(10-17(12)20)28(26,27)25-18-9-7-13(11-24-18)15-4-2-3-5-16(15)19(21,22)23/h2-11H,1H3,(H,24,25). The Morgan fingerprint density at radius 3 is 2.36 bits per heavy atom. The zero-order valence-electron chi connectivity index (χ0n) is 14.5. The quantitative estimate of drug-likeness (QED) is 0.596. The largest absolute Gasteiger partial charge is 0.417 e. The number of sulfonamides is 1. The Balaban J connectivity index is 1.89. The van der Waals surface area contributed by atoms with E-state index >= 15 is 0 Å². The van der Waals surface area contributed by atoms with Crippen molar-refractivity contribution in [1.82, 2.24) is 4.98 Å². The molecule has 0 amide bonds. The molecule has 0 aliphatic rings. The fraction of sp³-hybridized carbons (Fsp3) is 0.105. The molecule has 0 fully saturated rings. The van der Waals surface area contributed by atoms with Crippen molar-refractivity contribution in [2.75, 3.05) is 4.72 Å². The molecular weight excluding hydrogens is 413 g/mol. The lowest BCUT2D eigenvalue weighted by molar-refractivity contribution is -0.137. The van der Waals surface area contributed by atoms with E-state index in [1.807, 2.05) is 0 Å². The van der Waals surface area contributed by atoms with Gasteiger partial charge in [0.25, 0.3) is 10.0 Å². The fourth-order valence-electron chi connectivity index (χ4n) is 2.53. The molecule has 0 atom stereocenters. The highest BCUT2D eigenvalue weighted by molar-refractivity contribution is 7.92. The van der Waals surface area contributed by atoms with Crippen LogP contribution in [0, 0.1) is 6.92 Å². The first kappa shape index (κ1) is 20.2. The highest BCUT2D eigenvalue weighted by atomic mass is 35.5. The Morgan fingerprint density at radius 2 is 1.75 bits per heavy atom. The maximum absolute atomic E-state index is 13.2. The van der Waals surface area contributed by atoms with Gasteiger partial charge in [0.2, 0.25) is 0 Å². The zero-order chi connectivity index (χ0) is 20.5. The van der Waals surface area contributed by atoms with Gasteiger partial charge in [-0.3, -0.25) is 4.72 Å². The number of alkyl halides is 3. The molecule has 0 bridgehead atoms. The van der Waals surface area contributed by atoms with Gasteiger partial charge in [0.05, 0.1) is 10.5 Å². The van der Waals surface area contributed by atoms with Gasteiger partial charge in [-0.15, -0.1) is 0 Å². The lowest BCUT2D eigenvalue weighted by Crippen LogP contribution is -2.14. The van der Waals surface area contributed by atoms with Crippen molar-refractivity contribution in [3.8, 4) is 11.1 Å². The lowest BCUT2D eigenvalue weighted by atomic mass is 10.0. The molecule has 0 unspecified atom stereocenters. The number of benzene rings is 2. The van der Waals surface area contributed by atoms with E-state index in [1.165, 1.54) is 48.7 Å². The van der Waals surface area contributed by atoms with Crippen LogP contribution in [0.3, 0.4) is 0 Å². The molecule has 0 aliphatic heterocycles. The van der Waals surface area contributed by atoms with Crippen LogP contribution in [0.25, 0.3) is 11.1 Å². The van der Waals surface area contributed by atoms with E-state index < -0.39 is 21.8 Å². The van der Waals surface area contributed by atoms with Gasteiger partial charge < -0.3 is 0 Å². The predicted octanol–water partition coefficient (Wildman–Crippen LogP) is 5.53. The van der Waals surface area contributed by atoms with Crippen molar-refractivity contribution in [2.24, 2.45) is 0 Å². The maximum atomic E-state index is 13.2. The van der Waals surface area contributed by atoms with Gasteiger partial charge in [-0.1, -0.05) is 35.9 Å². The summed E-state index contributed by atoms with van der Waals surface area (Å²) in [6.45, 7) is 1.74. The average molecular weight is 427 g/mol. The van der Waals surface area contributed by atoms with E-state index in [1.54, 1.807) is 13.0 Å². The number of hydrogen-bond acceptors (Lipinski definition) is 3. The summed E-state index contributed by atoms with van der Waals surface area (Å²) in [7, 11) is -3.94. The van der Waals surface area contributed by atoms with E-state index in [9.17, 15) is 21.6 Å². The van der Waals surface area contributed by atoms with E-state index in [4.69, 9.17) is 11.6 Å². The molecule has 146 valence electrons. The molecule has 28 heavy (non-hydrogen) atoms. The summed E-state index contributed by atoms with van der Waals surface area (Å²) in [6.07, 6.45) is -3.33.